The van der Waals surface area contributed by atoms with Crippen molar-refractivity contribution in [3.63, 3.8) is 0 Å². The first kappa shape index (κ1) is 20.5. The average molecular weight is 400 g/mol. The van der Waals surface area contributed by atoms with E-state index in [-0.39, 0.29) is 29.8 Å². The predicted molar refractivity (Wildman–Crippen MR) is 115 cm³/mol. The molecule has 3 heterocycles. The van der Waals surface area contributed by atoms with Gasteiger partial charge in [-0.05, 0) is 66.1 Å². The molecule has 3 aliphatic rings. The lowest BCUT2D eigenvalue weighted by atomic mass is 9.72. The Morgan fingerprint density at radius 3 is 1.97 bits per heavy atom. The number of carbonyl (C=O) groups excluding carboxylic acids is 1. The molecule has 1 amide bonds. The quantitative estimate of drug-likeness (QED) is 0.715. The summed E-state index contributed by atoms with van der Waals surface area (Å²) in [6.45, 7) is 17.5. The fourth-order valence-electron chi connectivity index (χ4n) is 4.19. The molecule has 0 saturated carbocycles. The minimum Gasteiger partial charge on any atom is -0.444 e. The van der Waals surface area contributed by atoms with E-state index in [1.165, 1.54) is 5.69 Å². The van der Waals surface area contributed by atoms with Gasteiger partial charge in [0.25, 0.3) is 0 Å². The third kappa shape index (κ3) is 3.75. The molecule has 0 atom stereocenters. The molecule has 3 aliphatic heterocycles. The van der Waals surface area contributed by atoms with E-state index in [1.54, 1.807) is 0 Å². The van der Waals surface area contributed by atoms with Gasteiger partial charge in [-0.1, -0.05) is 12.1 Å². The fraction of sp³-hybridized carbons (Fsp3) is 0.682. The van der Waals surface area contributed by atoms with Crippen molar-refractivity contribution in [2.45, 2.75) is 65.3 Å². The van der Waals surface area contributed by atoms with E-state index < -0.39 is 5.60 Å². The topological polar surface area (TPSA) is 51.2 Å². The number of hydrogen-bond acceptors (Lipinski definition) is 5. The lowest BCUT2D eigenvalue weighted by Gasteiger charge is -2.60. The summed E-state index contributed by atoms with van der Waals surface area (Å²) in [6, 6.07) is 8.46. The summed E-state index contributed by atoms with van der Waals surface area (Å²) in [5.74, 6) is 0. The van der Waals surface area contributed by atoms with Crippen LogP contribution in [0.2, 0.25) is 0 Å². The van der Waals surface area contributed by atoms with Crippen molar-refractivity contribution in [1.29, 1.82) is 0 Å². The summed E-state index contributed by atoms with van der Waals surface area (Å²) < 4.78 is 17.7. The van der Waals surface area contributed by atoms with Gasteiger partial charge >= 0.3 is 13.2 Å². The Hall–Kier alpha value is -1.73. The van der Waals surface area contributed by atoms with E-state index in [9.17, 15) is 4.79 Å². The number of benzene rings is 1. The highest BCUT2D eigenvalue weighted by Gasteiger charge is 2.54. The van der Waals surface area contributed by atoms with Crippen LogP contribution in [0.15, 0.2) is 24.3 Å². The highest BCUT2D eigenvalue weighted by atomic mass is 16.7. The van der Waals surface area contributed by atoms with Gasteiger partial charge in [0.15, 0.2) is 0 Å². The second kappa shape index (κ2) is 6.38. The smallest absolute Gasteiger partial charge is 0.444 e. The normalized spacial score (nSPS) is 24.3. The van der Waals surface area contributed by atoms with Crippen LogP contribution in [0.25, 0.3) is 0 Å². The summed E-state index contributed by atoms with van der Waals surface area (Å²) in [5, 5.41) is 0. The van der Waals surface area contributed by atoms with Crippen molar-refractivity contribution in [3.8, 4) is 0 Å². The summed E-state index contributed by atoms with van der Waals surface area (Å²) in [5.41, 5.74) is 1.37. The van der Waals surface area contributed by atoms with Crippen molar-refractivity contribution >= 4 is 24.4 Å². The van der Waals surface area contributed by atoms with Crippen LogP contribution in [0.5, 0.6) is 0 Å². The Balaban J connectivity index is 1.30. The van der Waals surface area contributed by atoms with Crippen LogP contribution < -0.4 is 10.4 Å². The molecule has 158 valence electrons. The summed E-state index contributed by atoms with van der Waals surface area (Å²) in [4.78, 5) is 16.3. The van der Waals surface area contributed by atoms with Crippen LogP contribution in [0, 0.1) is 5.41 Å². The number of amides is 1. The van der Waals surface area contributed by atoms with Crippen molar-refractivity contribution in [3.05, 3.63) is 24.3 Å². The predicted octanol–water partition coefficient (Wildman–Crippen LogP) is 3.04. The lowest BCUT2D eigenvalue weighted by molar-refractivity contribution is -0.0452. The van der Waals surface area contributed by atoms with E-state index in [0.29, 0.717) is 0 Å². The SMILES string of the molecule is CC(C)(C)OC(=O)N1CC2(C1)CN(c1ccc(B3OC(C)(C)C(C)(C)O3)cc1)C2. The van der Waals surface area contributed by atoms with Crippen LogP contribution in [-0.4, -0.2) is 61.1 Å². The zero-order valence-corrected chi connectivity index (χ0v) is 18.7. The third-order valence-corrected chi connectivity index (χ3v) is 6.54. The molecule has 7 heteroatoms. The summed E-state index contributed by atoms with van der Waals surface area (Å²) in [6.07, 6.45) is -0.201. The minimum absolute atomic E-state index is 0.201. The third-order valence-electron chi connectivity index (χ3n) is 6.54. The highest BCUT2D eigenvalue weighted by Crippen LogP contribution is 2.42. The van der Waals surface area contributed by atoms with E-state index in [4.69, 9.17) is 14.0 Å². The number of likely N-dealkylation sites (tertiary alicyclic amines) is 1. The molecule has 0 radical (unpaired) electrons. The van der Waals surface area contributed by atoms with E-state index >= 15 is 0 Å². The second-order valence-corrected chi connectivity index (χ2v) is 10.9. The maximum Gasteiger partial charge on any atom is 0.494 e. The molecular formula is C22H33BN2O4. The first-order valence-electron chi connectivity index (χ1n) is 10.5. The number of anilines is 1. The van der Waals surface area contributed by atoms with Gasteiger partial charge in [-0.25, -0.2) is 4.79 Å². The maximum absolute atomic E-state index is 12.1. The monoisotopic (exact) mass is 400 g/mol. The van der Waals surface area contributed by atoms with Gasteiger partial charge in [0, 0.05) is 37.3 Å². The van der Waals surface area contributed by atoms with Crippen LogP contribution in [-0.2, 0) is 14.0 Å². The summed E-state index contributed by atoms with van der Waals surface area (Å²) >= 11 is 0. The fourth-order valence-corrected chi connectivity index (χ4v) is 4.19. The number of rotatable bonds is 2. The van der Waals surface area contributed by atoms with Gasteiger partial charge in [0.2, 0.25) is 0 Å². The van der Waals surface area contributed by atoms with Crippen LogP contribution in [0.3, 0.4) is 0 Å². The van der Waals surface area contributed by atoms with E-state index in [2.05, 4.69) is 56.9 Å². The number of carbonyl (C=O) groups is 1. The van der Waals surface area contributed by atoms with Crippen molar-refractivity contribution in [1.82, 2.24) is 4.90 Å². The molecule has 4 rings (SSSR count). The first-order valence-corrected chi connectivity index (χ1v) is 10.5. The first-order chi connectivity index (χ1) is 13.3. The molecule has 3 fully saturated rings. The second-order valence-electron chi connectivity index (χ2n) is 10.9. The van der Waals surface area contributed by atoms with E-state index in [1.807, 2.05) is 25.7 Å². The zero-order valence-electron chi connectivity index (χ0n) is 18.7. The molecule has 0 aliphatic carbocycles. The molecule has 6 nitrogen and oxygen atoms in total. The van der Waals surface area contributed by atoms with Crippen molar-refractivity contribution < 1.29 is 18.8 Å². The maximum atomic E-state index is 12.1. The molecule has 1 aromatic carbocycles. The minimum atomic E-state index is -0.440. The van der Waals surface area contributed by atoms with Crippen LogP contribution in [0.1, 0.15) is 48.5 Å². The molecule has 3 saturated heterocycles. The molecule has 0 unspecified atom stereocenters. The van der Waals surface area contributed by atoms with E-state index in [0.717, 1.165) is 31.6 Å². The lowest BCUT2D eigenvalue weighted by Crippen LogP contribution is -2.73. The Morgan fingerprint density at radius 2 is 1.48 bits per heavy atom. The van der Waals surface area contributed by atoms with Gasteiger partial charge in [-0.3, -0.25) is 0 Å². The standard InChI is InChI=1S/C22H33BN2O4/c1-19(2,3)27-18(26)25-14-22(15-25)12-24(13-22)17-10-8-16(9-11-17)23-28-20(4,5)21(6,7)29-23/h8-11H,12-15H2,1-7H3. The molecule has 0 aromatic heterocycles. The molecule has 0 N–H and O–H groups in total. The largest absolute Gasteiger partial charge is 0.494 e. The van der Waals surface area contributed by atoms with Crippen LogP contribution >= 0.6 is 0 Å². The number of ether oxygens (including phenoxy) is 1. The Labute approximate surface area is 174 Å². The molecular weight excluding hydrogens is 367 g/mol. The van der Waals surface area contributed by atoms with Gasteiger partial charge in [0.1, 0.15) is 5.60 Å². The zero-order chi connectivity index (χ0) is 21.2. The number of nitrogens with zero attached hydrogens (tertiary/aromatic N) is 2. The number of hydrogen-bond donors (Lipinski definition) is 0. The van der Waals surface area contributed by atoms with Gasteiger partial charge in [-0.15, -0.1) is 0 Å². The Bertz CT molecular complexity index is 770. The van der Waals surface area contributed by atoms with Crippen molar-refractivity contribution in [2.24, 2.45) is 5.41 Å². The Morgan fingerprint density at radius 1 is 0.966 bits per heavy atom. The van der Waals surface area contributed by atoms with Gasteiger partial charge < -0.3 is 23.8 Å². The molecule has 1 spiro atoms. The van der Waals surface area contributed by atoms with Gasteiger partial charge in [0.05, 0.1) is 11.2 Å². The average Bonchev–Trinajstić information content (AvgIpc) is 2.71. The van der Waals surface area contributed by atoms with Crippen molar-refractivity contribution in [2.75, 3.05) is 31.1 Å². The molecule has 0 bridgehead atoms. The summed E-state index contributed by atoms with van der Waals surface area (Å²) in [7, 11) is -0.328. The van der Waals surface area contributed by atoms with Gasteiger partial charge in [-0.2, -0.15) is 0 Å². The molecule has 1 aromatic rings. The Kier molecular flexibility index (Phi) is 4.52. The van der Waals surface area contributed by atoms with Crippen LogP contribution in [0.4, 0.5) is 10.5 Å². The molecule has 29 heavy (non-hydrogen) atoms. The highest BCUT2D eigenvalue weighted by molar-refractivity contribution is 6.62.